The first kappa shape index (κ1) is 11.7. The van der Waals surface area contributed by atoms with Gasteiger partial charge in [-0.25, -0.2) is 0 Å². The molecule has 2 nitrogen and oxygen atoms in total. The van der Waals surface area contributed by atoms with E-state index in [1.165, 1.54) is 31.3 Å². The fraction of sp³-hybridized carbons (Fsp3) is 0.833. The lowest BCUT2D eigenvalue weighted by Crippen LogP contribution is -2.33. The second-order valence-corrected chi connectivity index (χ2v) is 4.38. The van der Waals surface area contributed by atoms with Crippen LogP contribution in [0.15, 0.2) is 12.2 Å². The molecule has 1 aliphatic rings. The van der Waals surface area contributed by atoms with Crippen molar-refractivity contribution >= 4 is 0 Å². The van der Waals surface area contributed by atoms with E-state index in [1.807, 2.05) is 0 Å². The molecule has 0 heterocycles. The van der Waals surface area contributed by atoms with E-state index in [2.05, 4.69) is 30.8 Å². The van der Waals surface area contributed by atoms with Gasteiger partial charge in [0, 0.05) is 19.1 Å². The summed E-state index contributed by atoms with van der Waals surface area (Å²) in [4.78, 5) is 2.46. The van der Waals surface area contributed by atoms with Crippen LogP contribution in [0.5, 0.6) is 0 Å². The van der Waals surface area contributed by atoms with Crippen LogP contribution in [-0.4, -0.2) is 37.6 Å². The highest BCUT2D eigenvalue weighted by molar-refractivity contribution is 5.00. The fourth-order valence-corrected chi connectivity index (χ4v) is 2.18. The Hall–Kier alpha value is -0.340. The lowest BCUT2D eigenvalue weighted by atomic mass is 10.2. The Balaban J connectivity index is 2.18. The summed E-state index contributed by atoms with van der Waals surface area (Å²) in [7, 11) is 2.23. The molecule has 1 aliphatic carbocycles. The van der Waals surface area contributed by atoms with Crippen molar-refractivity contribution in [1.29, 1.82) is 0 Å². The van der Waals surface area contributed by atoms with Gasteiger partial charge < -0.3 is 5.32 Å². The summed E-state index contributed by atoms with van der Waals surface area (Å²) in [5.41, 5.74) is 1.31. The van der Waals surface area contributed by atoms with Gasteiger partial charge in [0.1, 0.15) is 0 Å². The molecule has 1 fully saturated rings. The molecule has 0 unspecified atom stereocenters. The van der Waals surface area contributed by atoms with Gasteiger partial charge in [-0.15, -0.1) is 0 Å². The van der Waals surface area contributed by atoms with Gasteiger partial charge in [-0.2, -0.15) is 0 Å². The molecule has 14 heavy (non-hydrogen) atoms. The maximum atomic E-state index is 4.10. The lowest BCUT2D eigenvalue weighted by molar-refractivity contribution is 0.264. The lowest BCUT2D eigenvalue weighted by Gasteiger charge is -2.24. The van der Waals surface area contributed by atoms with Gasteiger partial charge in [0.25, 0.3) is 0 Å². The Morgan fingerprint density at radius 2 is 2.07 bits per heavy atom. The Morgan fingerprint density at radius 3 is 2.64 bits per heavy atom. The normalized spacial score (nSPS) is 17.9. The predicted octanol–water partition coefficient (Wildman–Crippen LogP) is 2.03. The van der Waals surface area contributed by atoms with E-state index in [-0.39, 0.29) is 0 Å². The monoisotopic (exact) mass is 196 g/mol. The summed E-state index contributed by atoms with van der Waals surface area (Å²) in [6.45, 7) is 9.29. The first-order valence-electron chi connectivity index (χ1n) is 5.81. The minimum Gasteiger partial charge on any atom is -0.313 e. The third-order valence-corrected chi connectivity index (χ3v) is 3.05. The zero-order valence-electron chi connectivity index (χ0n) is 9.68. The molecular weight excluding hydrogens is 172 g/mol. The quantitative estimate of drug-likeness (QED) is 0.654. The zero-order chi connectivity index (χ0) is 10.4. The summed E-state index contributed by atoms with van der Waals surface area (Å²) in [6.07, 6.45) is 5.58. The van der Waals surface area contributed by atoms with Gasteiger partial charge in [-0.3, -0.25) is 4.90 Å². The van der Waals surface area contributed by atoms with Gasteiger partial charge in [0.2, 0.25) is 0 Å². The Morgan fingerprint density at radius 1 is 1.43 bits per heavy atom. The highest BCUT2D eigenvalue weighted by Gasteiger charge is 2.19. The van der Waals surface area contributed by atoms with Crippen molar-refractivity contribution in [2.24, 2.45) is 0 Å². The molecule has 0 aromatic carbocycles. The summed E-state index contributed by atoms with van der Waals surface area (Å²) < 4.78 is 0. The third kappa shape index (κ3) is 3.81. The van der Waals surface area contributed by atoms with Crippen molar-refractivity contribution in [2.45, 2.75) is 38.6 Å². The van der Waals surface area contributed by atoms with Crippen molar-refractivity contribution in [3.05, 3.63) is 12.2 Å². The Labute approximate surface area is 88.4 Å². The van der Waals surface area contributed by atoms with Crippen LogP contribution in [-0.2, 0) is 0 Å². The van der Waals surface area contributed by atoms with E-state index in [0.29, 0.717) is 0 Å². The molecule has 0 atom stereocenters. The van der Waals surface area contributed by atoms with Gasteiger partial charge in [0.15, 0.2) is 0 Å². The Kier molecular flexibility index (Phi) is 5.20. The van der Waals surface area contributed by atoms with Gasteiger partial charge >= 0.3 is 0 Å². The minimum atomic E-state index is 0.813. The summed E-state index contributed by atoms with van der Waals surface area (Å²) >= 11 is 0. The van der Waals surface area contributed by atoms with Crippen LogP contribution in [0.2, 0.25) is 0 Å². The third-order valence-electron chi connectivity index (χ3n) is 3.05. The summed E-state index contributed by atoms with van der Waals surface area (Å²) in [5.74, 6) is 0. The van der Waals surface area contributed by atoms with Gasteiger partial charge in [-0.05, 0) is 32.0 Å². The molecule has 0 aromatic rings. The molecule has 0 amide bonds. The zero-order valence-corrected chi connectivity index (χ0v) is 9.68. The number of likely N-dealkylation sites (N-methyl/N-ethyl adjacent to an activating group) is 2. The van der Waals surface area contributed by atoms with Crippen LogP contribution in [0.3, 0.4) is 0 Å². The van der Waals surface area contributed by atoms with Gasteiger partial charge in [-0.1, -0.05) is 26.3 Å². The van der Waals surface area contributed by atoms with E-state index >= 15 is 0 Å². The Bertz CT molecular complexity index is 171. The average molecular weight is 196 g/mol. The molecule has 0 aromatic heterocycles. The van der Waals surface area contributed by atoms with E-state index in [4.69, 9.17) is 0 Å². The van der Waals surface area contributed by atoms with Crippen molar-refractivity contribution < 1.29 is 0 Å². The minimum absolute atomic E-state index is 0.813. The maximum Gasteiger partial charge on any atom is 0.0202 e. The van der Waals surface area contributed by atoms with Crippen LogP contribution >= 0.6 is 0 Å². The van der Waals surface area contributed by atoms with E-state index in [1.54, 1.807) is 0 Å². The van der Waals surface area contributed by atoms with Crippen molar-refractivity contribution in [1.82, 2.24) is 10.2 Å². The van der Waals surface area contributed by atoms with E-state index in [9.17, 15) is 0 Å². The number of hydrogen-bond acceptors (Lipinski definition) is 2. The smallest absolute Gasteiger partial charge is 0.0202 e. The molecule has 0 aliphatic heterocycles. The van der Waals surface area contributed by atoms with Gasteiger partial charge in [0.05, 0.1) is 0 Å². The van der Waals surface area contributed by atoms with Crippen molar-refractivity contribution in [3.8, 4) is 0 Å². The molecule has 0 spiro atoms. The predicted molar refractivity (Wildman–Crippen MR) is 62.6 cm³/mol. The molecule has 0 bridgehead atoms. The second-order valence-electron chi connectivity index (χ2n) is 4.38. The summed E-state index contributed by atoms with van der Waals surface area (Å²) in [6, 6.07) is 0.813. The topological polar surface area (TPSA) is 15.3 Å². The van der Waals surface area contributed by atoms with Crippen molar-refractivity contribution in [3.63, 3.8) is 0 Å². The largest absolute Gasteiger partial charge is 0.313 e. The SMILES string of the molecule is C=C(CNCC)CN(C)C1CCCC1. The molecule has 1 N–H and O–H groups in total. The molecule has 82 valence electrons. The first-order chi connectivity index (χ1) is 6.74. The molecular formula is C12H24N2. The molecule has 1 rings (SSSR count). The molecule has 0 saturated heterocycles. The number of nitrogens with one attached hydrogen (secondary N) is 1. The highest BCUT2D eigenvalue weighted by atomic mass is 15.1. The van der Waals surface area contributed by atoms with Crippen LogP contribution in [0.4, 0.5) is 0 Å². The van der Waals surface area contributed by atoms with E-state index < -0.39 is 0 Å². The van der Waals surface area contributed by atoms with E-state index in [0.717, 1.165) is 25.7 Å². The van der Waals surface area contributed by atoms with Crippen molar-refractivity contribution in [2.75, 3.05) is 26.7 Å². The van der Waals surface area contributed by atoms with Crippen LogP contribution in [0.1, 0.15) is 32.6 Å². The maximum absolute atomic E-state index is 4.10. The summed E-state index contributed by atoms with van der Waals surface area (Å²) in [5, 5.41) is 3.32. The van der Waals surface area contributed by atoms with Crippen LogP contribution in [0, 0.1) is 0 Å². The standard InChI is InChI=1S/C12H24N2/c1-4-13-9-11(2)10-14(3)12-7-5-6-8-12/h12-13H,2,4-10H2,1,3H3. The molecule has 0 radical (unpaired) electrons. The number of nitrogens with zero attached hydrogens (tertiary/aromatic N) is 1. The fourth-order valence-electron chi connectivity index (χ4n) is 2.18. The average Bonchev–Trinajstić information content (AvgIpc) is 2.67. The first-order valence-corrected chi connectivity index (χ1v) is 5.81. The number of rotatable bonds is 6. The second kappa shape index (κ2) is 6.20. The number of hydrogen-bond donors (Lipinski definition) is 1. The highest BCUT2D eigenvalue weighted by Crippen LogP contribution is 2.22. The van der Waals surface area contributed by atoms with Crippen LogP contribution in [0.25, 0.3) is 0 Å². The molecule has 2 heteroatoms. The van der Waals surface area contributed by atoms with Crippen LogP contribution < -0.4 is 5.32 Å². The molecule has 1 saturated carbocycles.